The molecule has 1 saturated heterocycles. The highest BCUT2D eigenvalue weighted by molar-refractivity contribution is 5.28. The lowest BCUT2D eigenvalue weighted by Gasteiger charge is -2.31. The van der Waals surface area contributed by atoms with Crippen LogP contribution in [0.3, 0.4) is 0 Å². The Balaban J connectivity index is 1.72. The van der Waals surface area contributed by atoms with Crippen molar-refractivity contribution >= 4 is 0 Å². The molecule has 1 heterocycles. The first-order chi connectivity index (χ1) is 10.8. The molecule has 3 atom stereocenters. The standard InChI is InChI=1S/C18H25NO3/c1-3-10-22-18-16-7-8-17(18)21-11-9-19(16)13-14-5-4-6-15(12-14)20-2/h3-6,12,16-18H,1,7-11,13H2,2H3. The topological polar surface area (TPSA) is 30.9 Å². The molecule has 3 unspecified atom stereocenters. The molecule has 1 aromatic carbocycles. The summed E-state index contributed by atoms with van der Waals surface area (Å²) in [6.45, 7) is 6.98. The van der Waals surface area contributed by atoms with Crippen LogP contribution >= 0.6 is 0 Å². The van der Waals surface area contributed by atoms with E-state index in [1.54, 1.807) is 7.11 Å². The number of fused-ring (bicyclic) bond motifs is 2. The van der Waals surface area contributed by atoms with E-state index in [0.717, 1.165) is 38.3 Å². The summed E-state index contributed by atoms with van der Waals surface area (Å²) in [5.74, 6) is 0.910. The van der Waals surface area contributed by atoms with Gasteiger partial charge in [0.1, 0.15) is 5.75 Å². The molecule has 0 radical (unpaired) electrons. The van der Waals surface area contributed by atoms with E-state index in [9.17, 15) is 0 Å². The SMILES string of the molecule is C=CCOC1C2CCC1N(Cc1cccc(OC)c1)CCO2. The van der Waals surface area contributed by atoms with Crippen LogP contribution in [0.4, 0.5) is 0 Å². The van der Waals surface area contributed by atoms with Crippen molar-refractivity contribution in [3.8, 4) is 5.75 Å². The summed E-state index contributed by atoms with van der Waals surface area (Å²) < 4.78 is 17.3. The minimum atomic E-state index is 0.158. The predicted octanol–water partition coefficient (Wildman–Crippen LogP) is 2.63. The van der Waals surface area contributed by atoms with Gasteiger partial charge in [-0.25, -0.2) is 0 Å². The van der Waals surface area contributed by atoms with Gasteiger partial charge in [0, 0.05) is 19.1 Å². The average Bonchev–Trinajstić information content (AvgIpc) is 2.85. The van der Waals surface area contributed by atoms with Crippen molar-refractivity contribution in [2.45, 2.75) is 37.6 Å². The summed E-state index contributed by atoms with van der Waals surface area (Å²) in [5, 5.41) is 0. The second-order valence-electron chi connectivity index (χ2n) is 5.96. The maximum absolute atomic E-state index is 6.00. The van der Waals surface area contributed by atoms with Gasteiger partial charge < -0.3 is 14.2 Å². The van der Waals surface area contributed by atoms with Gasteiger partial charge in [0.15, 0.2) is 0 Å². The van der Waals surface area contributed by atoms with Crippen molar-refractivity contribution in [1.29, 1.82) is 0 Å². The van der Waals surface area contributed by atoms with E-state index in [2.05, 4.69) is 23.6 Å². The van der Waals surface area contributed by atoms with Gasteiger partial charge in [-0.3, -0.25) is 4.90 Å². The van der Waals surface area contributed by atoms with Gasteiger partial charge in [-0.15, -0.1) is 6.58 Å². The molecule has 1 saturated carbocycles. The van der Waals surface area contributed by atoms with Crippen LogP contribution in [-0.4, -0.2) is 50.0 Å². The Morgan fingerprint density at radius 2 is 2.32 bits per heavy atom. The highest BCUT2D eigenvalue weighted by Crippen LogP contribution is 2.33. The first-order valence-electron chi connectivity index (χ1n) is 8.03. The monoisotopic (exact) mass is 303 g/mol. The molecule has 1 aliphatic carbocycles. The fourth-order valence-electron chi connectivity index (χ4n) is 3.57. The number of hydrogen-bond acceptors (Lipinski definition) is 4. The van der Waals surface area contributed by atoms with Crippen molar-refractivity contribution in [3.63, 3.8) is 0 Å². The van der Waals surface area contributed by atoms with Crippen molar-refractivity contribution < 1.29 is 14.2 Å². The Hall–Kier alpha value is -1.36. The van der Waals surface area contributed by atoms with E-state index in [4.69, 9.17) is 14.2 Å². The van der Waals surface area contributed by atoms with Crippen LogP contribution < -0.4 is 4.74 Å². The van der Waals surface area contributed by atoms with Gasteiger partial charge >= 0.3 is 0 Å². The van der Waals surface area contributed by atoms with Gasteiger partial charge in [-0.05, 0) is 30.5 Å². The number of ether oxygens (including phenoxy) is 3. The molecule has 1 aliphatic heterocycles. The van der Waals surface area contributed by atoms with Gasteiger partial charge in [0.2, 0.25) is 0 Å². The van der Waals surface area contributed by atoms with Gasteiger partial charge in [-0.2, -0.15) is 0 Å². The Bertz CT molecular complexity index is 505. The third kappa shape index (κ3) is 3.35. The molecule has 2 bridgehead atoms. The number of hydrogen-bond donors (Lipinski definition) is 0. The summed E-state index contributed by atoms with van der Waals surface area (Å²) in [6, 6.07) is 8.72. The Labute approximate surface area is 132 Å². The van der Waals surface area contributed by atoms with Crippen LogP contribution in [-0.2, 0) is 16.0 Å². The third-order valence-electron chi connectivity index (χ3n) is 4.60. The maximum atomic E-state index is 6.00. The molecular weight excluding hydrogens is 278 g/mol. The second-order valence-corrected chi connectivity index (χ2v) is 5.96. The summed E-state index contributed by atoms with van der Waals surface area (Å²) >= 11 is 0. The van der Waals surface area contributed by atoms with E-state index in [1.807, 2.05) is 18.2 Å². The zero-order chi connectivity index (χ0) is 15.4. The van der Waals surface area contributed by atoms with Gasteiger partial charge in [-0.1, -0.05) is 18.2 Å². The van der Waals surface area contributed by atoms with E-state index < -0.39 is 0 Å². The summed E-state index contributed by atoms with van der Waals surface area (Å²) in [5.41, 5.74) is 1.27. The number of benzene rings is 1. The normalized spacial score (nSPS) is 28.3. The lowest BCUT2D eigenvalue weighted by atomic mass is 10.1. The van der Waals surface area contributed by atoms with E-state index >= 15 is 0 Å². The average molecular weight is 303 g/mol. The first-order valence-corrected chi connectivity index (χ1v) is 8.03. The molecule has 1 aromatic rings. The molecule has 0 amide bonds. The van der Waals surface area contributed by atoms with E-state index in [1.165, 1.54) is 5.56 Å². The third-order valence-corrected chi connectivity index (χ3v) is 4.60. The first kappa shape index (κ1) is 15.5. The molecule has 4 heteroatoms. The van der Waals surface area contributed by atoms with Crippen molar-refractivity contribution in [3.05, 3.63) is 42.5 Å². The molecule has 0 N–H and O–H groups in total. The number of rotatable bonds is 6. The highest BCUT2D eigenvalue weighted by Gasteiger charge is 2.42. The molecule has 120 valence electrons. The zero-order valence-corrected chi connectivity index (χ0v) is 13.2. The zero-order valence-electron chi connectivity index (χ0n) is 13.2. The molecule has 3 rings (SSSR count). The maximum Gasteiger partial charge on any atom is 0.119 e. The van der Waals surface area contributed by atoms with Gasteiger partial charge in [0.05, 0.1) is 32.5 Å². The fourth-order valence-corrected chi connectivity index (χ4v) is 3.57. The van der Waals surface area contributed by atoms with Crippen molar-refractivity contribution in [2.24, 2.45) is 0 Å². The van der Waals surface area contributed by atoms with Crippen LogP contribution in [0.25, 0.3) is 0 Å². The minimum Gasteiger partial charge on any atom is -0.497 e. The molecule has 2 aliphatic rings. The van der Waals surface area contributed by atoms with E-state index in [0.29, 0.717) is 12.6 Å². The van der Waals surface area contributed by atoms with Crippen LogP contribution in [0.1, 0.15) is 18.4 Å². The summed E-state index contributed by atoms with van der Waals surface area (Å²) in [7, 11) is 1.71. The molecule has 0 spiro atoms. The Kier molecular flexibility index (Phi) is 5.13. The molecule has 2 fully saturated rings. The van der Waals surface area contributed by atoms with Crippen LogP contribution in [0, 0.1) is 0 Å². The van der Waals surface area contributed by atoms with Crippen molar-refractivity contribution in [2.75, 3.05) is 26.9 Å². The lowest BCUT2D eigenvalue weighted by molar-refractivity contribution is -0.0447. The smallest absolute Gasteiger partial charge is 0.119 e. The molecule has 22 heavy (non-hydrogen) atoms. The predicted molar refractivity (Wildman–Crippen MR) is 86.1 cm³/mol. The highest BCUT2D eigenvalue weighted by atomic mass is 16.5. The lowest BCUT2D eigenvalue weighted by Crippen LogP contribution is -2.42. The van der Waals surface area contributed by atoms with Crippen LogP contribution in [0.5, 0.6) is 5.75 Å². The Morgan fingerprint density at radius 3 is 3.14 bits per heavy atom. The molecule has 4 nitrogen and oxygen atoms in total. The number of methoxy groups -OCH3 is 1. The molecular formula is C18H25NO3. The number of nitrogens with zero attached hydrogens (tertiary/aromatic N) is 1. The fraction of sp³-hybridized carbons (Fsp3) is 0.556. The van der Waals surface area contributed by atoms with Crippen LogP contribution in [0.15, 0.2) is 36.9 Å². The molecule has 0 aromatic heterocycles. The van der Waals surface area contributed by atoms with Gasteiger partial charge in [0.25, 0.3) is 0 Å². The second kappa shape index (κ2) is 7.27. The minimum absolute atomic E-state index is 0.158. The largest absolute Gasteiger partial charge is 0.497 e. The Morgan fingerprint density at radius 1 is 1.41 bits per heavy atom. The summed E-state index contributed by atoms with van der Waals surface area (Å²) in [4.78, 5) is 2.50. The van der Waals surface area contributed by atoms with E-state index in [-0.39, 0.29) is 12.2 Å². The van der Waals surface area contributed by atoms with Crippen molar-refractivity contribution in [1.82, 2.24) is 4.90 Å². The quantitative estimate of drug-likeness (QED) is 0.756. The summed E-state index contributed by atoms with van der Waals surface area (Å²) in [6.07, 6.45) is 4.43. The van der Waals surface area contributed by atoms with Crippen LogP contribution in [0.2, 0.25) is 0 Å².